The molecule has 0 spiro atoms. The number of amides is 1. The number of hydrogen-bond donors (Lipinski definition) is 3. The average molecular weight is 404 g/mol. The second kappa shape index (κ2) is 12.3. The number of guanidine groups is 1. The lowest BCUT2D eigenvalue weighted by molar-refractivity contribution is -0.123. The lowest BCUT2D eigenvalue weighted by Gasteiger charge is -2.28. The minimum atomic E-state index is -0.000948. The summed E-state index contributed by atoms with van der Waals surface area (Å²) in [6, 6.07) is 8.40. The minimum Gasteiger partial charge on any atom is -0.496 e. The van der Waals surface area contributed by atoms with E-state index >= 15 is 0 Å². The van der Waals surface area contributed by atoms with Gasteiger partial charge in [0.25, 0.3) is 0 Å². The summed E-state index contributed by atoms with van der Waals surface area (Å²) in [5.41, 5.74) is 1.18. The number of para-hydroxylation sites is 1. The first-order valence-corrected chi connectivity index (χ1v) is 10.7. The number of methoxy groups -OCH3 is 1. The van der Waals surface area contributed by atoms with E-state index in [2.05, 4.69) is 39.9 Å². The van der Waals surface area contributed by atoms with E-state index in [9.17, 15) is 4.79 Å². The predicted octanol–water partition coefficient (Wildman–Crippen LogP) is 2.16. The largest absolute Gasteiger partial charge is 0.496 e. The SMILES string of the molecule is CCNC(=NCC(c1ccccc1OC)N1CCCC1)NCCNC(=O)C(C)C. The van der Waals surface area contributed by atoms with Gasteiger partial charge in [0, 0.05) is 31.1 Å². The lowest BCUT2D eigenvalue weighted by Crippen LogP contribution is -2.42. The van der Waals surface area contributed by atoms with Gasteiger partial charge in [0.05, 0.1) is 19.7 Å². The summed E-state index contributed by atoms with van der Waals surface area (Å²) in [4.78, 5) is 19.0. The van der Waals surface area contributed by atoms with Gasteiger partial charge in [0.1, 0.15) is 5.75 Å². The van der Waals surface area contributed by atoms with Crippen LogP contribution in [0, 0.1) is 5.92 Å². The first-order chi connectivity index (χ1) is 14.1. The highest BCUT2D eigenvalue weighted by Gasteiger charge is 2.25. The molecule has 1 aliphatic heterocycles. The second-order valence-electron chi connectivity index (χ2n) is 7.59. The molecule has 7 nitrogen and oxygen atoms in total. The van der Waals surface area contributed by atoms with Gasteiger partial charge in [-0.25, -0.2) is 0 Å². The monoisotopic (exact) mass is 403 g/mol. The number of likely N-dealkylation sites (tertiary alicyclic amines) is 1. The Morgan fingerprint density at radius 1 is 1.14 bits per heavy atom. The summed E-state index contributed by atoms with van der Waals surface area (Å²) in [7, 11) is 1.72. The van der Waals surface area contributed by atoms with Crippen molar-refractivity contribution in [2.45, 2.75) is 39.7 Å². The molecule has 1 aromatic rings. The van der Waals surface area contributed by atoms with Crippen LogP contribution in [-0.2, 0) is 4.79 Å². The number of ether oxygens (including phenoxy) is 1. The molecule has 1 fully saturated rings. The fourth-order valence-corrected chi connectivity index (χ4v) is 3.50. The van der Waals surface area contributed by atoms with Crippen molar-refractivity contribution in [3.63, 3.8) is 0 Å². The van der Waals surface area contributed by atoms with Crippen molar-refractivity contribution in [1.29, 1.82) is 0 Å². The van der Waals surface area contributed by atoms with Gasteiger partial charge in [0.15, 0.2) is 5.96 Å². The Labute approximate surface area is 175 Å². The van der Waals surface area contributed by atoms with Gasteiger partial charge in [-0.1, -0.05) is 32.0 Å². The number of hydrogen-bond acceptors (Lipinski definition) is 4. The first kappa shape index (κ1) is 23.0. The van der Waals surface area contributed by atoms with Crippen LogP contribution in [-0.4, -0.2) is 63.1 Å². The summed E-state index contributed by atoms with van der Waals surface area (Å²) >= 11 is 0. The summed E-state index contributed by atoms with van der Waals surface area (Å²) in [5.74, 6) is 1.75. The molecule has 7 heteroatoms. The smallest absolute Gasteiger partial charge is 0.222 e. The molecular formula is C22H37N5O2. The third-order valence-corrected chi connectivity index (χ3v) is 5.09. The molecule has 1 aromatic carbocycles. The van der Waals surface area contributed by atoms with Crippen molar-refractivity contribution in [1.82, 2.24) is 20.9 Å². The van der Waals surface area contributed by atoms with Crippen LogP contribution in [0.25, 0.3) is 0 Å². The summed E-state index contributed by atoms with van der Waals surface area (Å²) in [6.45, 7) is 10.6. The van der Waals surface area contributed by atoms with Crippen molar-refractivity contribution in [3.8, 4) is 5.75 Å². The van der Waals surface area contributed by atoms with Gasteiger partial charge in [-0.3, -0.25) is 14.7 Å². The minimum absolute atomic E-state index is 0.000948. The van der Waals surface area contributed by atoms with E-state index in [0.29, 0.717) is 19.6 Å². The fourth-order valence-electron chi connectivity index (χ4n) is 3.50. The van der Waals surface area contributed by atoms with Gasteiger partial charge < -0.3 is 20.7 Å². The molecule has 1 aliphatic rings. The van der Waals surface area contributed by atoms with Crippen LogP contribution in [0.1, 0.15) is 45.2 Å². The lowest BCUT2D eigenvalue weighted by atomic mass is 10.0. The van der Waals surface area contributed by atoms with E-state index in [0.717, 1.165) is 31.3 Å². The predicted molar refractivity (Wildman–Crippen MR) is 118 cm³/mol. The maximum absolute atomic E-state index is 11.7. The highest BCUT2D eigenvalue weighted by molar-refractivity contribution is 5.80. The number of aliphatic imine (C=N–C) groups is 1. The van der Waals surface area contributed by atoms with E-state index in [1.165, 1.54) is 18.4 Å². The summed E-state index contributed by atoms with van der Waals surface area (Å²) < 4.78 is 5.61. The van der Waals surface area contributed by atoms with Crippen LogP contribution in [0.4, 0.5) is 0 Å². The molecule has 162 valence electrons. The molecule has 0 aliphatic carbocycles. The maximum atomic E-state index is 11.7. The Morgan fingerprint density at radius 2 is 1.83 bits per heavy atom. The fraction of sp³-hybridized carbons (Fsp3) is 0.636. The molecule has 1 amide bonds. The zero-order chi connectivity index (χ0) is 21.1. The molecule has 1 saturated heterocycles. The number of carbonyl (C=O) groups is 1. The van der Waals surface area contributed by atoms with E-state index in [1.807, 2.05) is 26.0 Å². The van der Waals surface area contributed by atoms with Crippen LogP contribution in [0.2, 0.25) is 0 Å². The van der Waals surface area contributed by atoms with Crippen LogP contribution < -0.4 is 20.7 Å². The van der Waals surface area contributed by atoms with Gasteiger partial charge in [-0.2, -0.15) is 0 Å². The molecule has 0 aromatic heterocycles. The van der Waals surface area contributed by atoms with Crippen LogP contribution in [0.3, 0.4) is 0 Å². The summed E-state index contributed by atoms with van der Waals surface area (Å²) in [6.07, 6.45) is 2.45. The Kier molecular flexibility index (Phi) is 9.77. The molecule has 2 rings (SSSR count). The first-order valence-electron chi connectivity index (χ1n) is 10.7. The molecule has 1 unspecified atom stereocenters. The van der Waals surface area contributed by atoms with Crippen LogP contribution >= 0.6 is 0 Å². The average Bonchev–Trinajstić information content (AvgIpc) is 3.25. The number of nitrogens with zero attached hydrogens (tertiary/aromatic N) is 2. The molecule has 1 heterocycles. The third-order valence-electron chi connectivity index (χ3n) is 5.09. The number of rotatable bonds is 10. The second-order valence-corrected chi connectivity index (χ2v) is 7.59. The highest BCUT2D eigenvalue weighted by atomic mass is 16.5. The Balaban J connectivity index is 2.04. The number of benzene rings is 1. The van der Waals surface area contributed by atoms with Crippen molar-refractivity contribution in [3.05, 3.63) is 29.8 Å². The third kappa shape index (κ3) is 7.24. The normalized spacial score (nSPS) is 16.0. The molecule has 1 atom stereocenters. The molecule has 0 bridgehead atoms. The number of nitrogens with one attached hydrogen (secondary N) is 3. The zero-order valence-electron chi connectivity index (χ0n) is 18.3. The summed E-state index contributed by atoms with van der Waals surface area (Å²) in [5, 5.41) is 9.53. The van der Waals surface area contributed by atoms with E-state index in [1.54, 1.807) is 7.11 Å². The standard InChI is InChI=1S/C22H37N5O2/c1-5-23-22(25-13-12-24-21(28)17(2)3)26-16-19(27-14-8-9-15-27)18-10-6-7-11-20(18)29-4/h6-7,10-11,17,19H,5,8-9,12-16H2,1-4H3,(H,24,28)(H2,23,25,26). The molecule has 0 radical (unpaired) electrons. The Bertz CT molecular complexity index is 656. The molecule has 0 saturated carbocycles. The van der Waals surface area contributed by atoms with Crippen molar-refractivity contribution in [2.24, 2.45) is 10.9 Å². The topological polar surface area (TPSA) is 78.0 Å². The van der Waals surface area contributed by atoms with Crippen molar-refractivity contribution >= 4 is 11.9 Å². The molecule has 29 heavy (non-hydrogen) atoms. The van der Waals surface area contributed by atoms with Crippen LogP contribution in [0.5, 0.6) is 5.75 Å². The van der Waals surface area contributed by atoms with E-state index < -0.39 is 0 Å². The molecular weight excluding hydrogens is 366 g/mol. The zero-order valence-corrected chi connectivity index (χ0v) is 18.3. The van der Waals surface area contributed by atoms with E-state index in [4.69, 9.17) is 9.73 Å². The van der Waals surface area contributed by atoms with Crippen molar-refractivity contribution in [2.75, 3.05) is 46.4 Å². The Morgan fingerprint density at radius 3 is 2.48 bits per heavy atom. The van der Waals surface area contributed by atoms with Gasteiger partial charge in [0.2, 0.25) is 5.91 Å². The molecule has 3 N–H and O–H groups in total. The quantitative estimate of drug-likeness (QED) is 0.317. The Hall–Kier alpha value is -2.28. The highest BCUT2D eigenvalue weighted by Crippen LogP contribution is 2.31. The van der Waals surface area contributed by atoms with Gasteiger partial charge in [-0.15, -0.1) is 0 Å². The van der Waals surface area contributed by atoms with Crippen molar-refractivity contribution < 1.29 is 9.53 Å². The van der Waals surface area contributed by atoms with Gasteiger partial charge in [-0.05, 0) is 38.9 Å². The van der Waals surface area contributed by atoms with Gasteiger partial charge >= 0.3 is 0 Å². The maximum Gasteiger partial charge on any atom is 0.222 e. The van der Waals surface area contributed by atoms with E-state index in [-0.39, 0.29) is 17.9 Å². The van der Waals surface area contributed by atoms with Crippen LogP contribution in [0.15, 0.2) is 29.3 Å². The number of carbonyl (C=O) groups excluding carboxylic acids is 1.